The molecule has 4 rings (SSSR count). The van der Waals surface area contributed by atoms with Crippen molar-refractivity contribution < 1.29 is 23.8 Å². The summed E-state index contributed by atoms with van der Waals surface area (Å²) in [6.07, 6.45) is 6.28. The standard InChI is InChI=1S/C29H32FN5O4/c1-18-13-24(30)25(14-19(18)2)35-28(38)34-21-5-7-22(8-6-21)39-23-9-11-33-29(3,16-23)26-15-20(17-32-26)27(37)31-10-4-12-36/h5-8,11,13-17,32,36H,4,9-10,12H2,1-3H3,(H,31,37)(H2,34,35,38). The molecule has 5 N–H and O–H groups in total. The number of aryl methyl sites for hydroxylation is 2. The van der Waals surface area contributed by atoms with Gasteiger partial charge in [-0.3, -0.25) is 9.79 Å². The van der Waals surface area contributed by atoms with E-state index in [0.29, 0.717) is 42.1 Å². The van der Waals surface area contributed by atoms with Gasteiger partial charge in [0.1, 0.15) is 22.9 Å². The van der Waals surface area contributed by atoms with Crippen LogP contribution in [0.5, 0.6) is 5.75 Å². The number of aromatic amines is 1. The minimum Gasteiger partial charge on any atom is -0.462 e. The number of allylic oxidation sites excluding steroid dienone is 1. The van der Waals surface area contributed by atoms with Gasteiger partial charge in [-0.15, -0.1) is 0 Å². The minimum absolute atomic E-state index is 0.0164. The summed E-state index contributed by atoms with van der Waals surface area (Å²) in [5.41, 5.74) is 2.78. The monoisotopic (exact) mass is 533 g/mol. The zero-order valence-corrected chi connectivity index (χ0v) is 22.1. The Morgan fingerprint density at radius 2 is 1.87 bits per heavy atom. The van der Waals surface area contributed by atoms with Gasteiger partial charge < -0.3 is 30.8 Å². The number of hydrogen-bond donors (Lipinski definition) is 5. The molecule has 39 heavy (non-hydrogen) atoms. The van der Waals surface area contributed by atoms with E-state index in [-0.39, 0.29) is 18.2 Å². The summed E-state index contributed by atoms with van der Waals surface area (Å²) in [5.74, 6) is 0.529. The molecular weight excluding hydrogens is 501 g/mol. The zero-order valence-electron chi connectivity index (χ0n) is 22.1. The highest BCUT2D eigenvalue weighted by atomic mass is 19.1. The van der Waals surface area contributed by atoms with E-state index in [4.69, 9.17) is 9.84 Å². The average molecular weight is 534 g/mol. The number of amides is 3. The van der Waals surface area contributed by atoms with Crippen LogP contribution in [0.25, 0.3) is 0 Å². The third kappa shape index (κ3) is 6.91. The Labute approximate surface area is 226 Å². The van der Waals surface area contributed by atoms with E-state index in [1.807, 2.05) is 26.8 Å². The number of ether oxygens (including phenoxy) is 1. The number of nitrogens with one attached hydrogen (secondary N) is 4. The zero-order chi connectivity index (χ0) is 28.0. The first-order valence-electron chi connectivity index (χ1n) is 12.6. The minimum atomic E-state index is -0.750. The van der Waals surface area contributed by atoms with E-state index in [2.05, 4.69) is 25.9 Å². The third-order valence-electron chi connectivity index (χ3n) is 6.40. The molecule has 10 heteroatoms. The molecule has 3 amide bonds. The molecule has 1 unspecified atom stereocenters. The molecule has 0 bridgehead atoms. The van der Waals surface area contributed by atoms with Crippen LogP contribution in [0, 0.1) is 19.7 Å². The van der Waals surface area contributed by atoms with Crippen LogP contribution in [0.4, 0.5) is 20.6 Å². The van der Waals surface area contributed by atoms with Crippen molar-refractivity contribution in [3.8, 4) is 5.75 Å². The van der Waals surface area contributed by atoms with Gasteiger partial charge in [0.05, 0.1) is 11.3 Å². The summed E-state index contributed by atoms with van der Waals surface area (Å²) in [6.45, 7) is 5.98. The molecule has 0 spiro atoms. The molecule has 0 aliphatic carbocycles. The number of carbonyl (C=O) groups excluding carboxylic acids is 2. The molecule has 0 saturated heterocycles. The number of aromatic nitrogens is 1. The summed E-state index contributed by atoms with van der Waals surface area (Å²) >= 11 is 0. The Hall–Kier alpha value is -4.44. The normalized spacial score (nSPS) is 16.4. The van der Waals surface area contributed by atoms with Gasteiger partial charge in [-0.25, -0.2) is 9.18 Å². The summed E-state index contributed by atoms with van der Waals surface area (Å²) in [4.78, 5) is 32.4. The second kappa shape index (κ2) is 12.0. The molecule has 2 heterocycles. The largest absolute Gasteiger partial charge is 0.462 e. The molecule has 1 aromatic heterocycles. The first-order valence-corrected chi connectivity index (χ1v) is 12.6. The molecule has 0 saturated carbocycles. The first-order chi connectivity index (χ1) is 18.7. The fourth-order valence-corrected chi connectivity index (χ4v) is 4.07. The van der Waals surface area contributed by atoms with Gasteiger partial charge in [0.2, 0.25) is 0 Å². The van der Waals surface area contributed by atoms with E-state index in [9.17, 15) is 14.0 Å². The van der Waals surface area contributed by atoms with Crippen molar-refractivity contribution in [1.29, 1.82) is 0 Å². The van der Waals surface area contributed by atoms with Crippen LogP contribution in [0.15, 0.2) is 65.5 Å². The maximum Gasteiger partial charge on any atom is 0.323 e. The molecule has 2 aromatic carbocycles. The van der Waals surface area contributed by atoms with E-state index in [1.54, 1.807) is 48.8 Å². The Kier molecular flexibility index (Phi) is 8.46. The molecule has 204 valence electrons. The number of halogens is 1. The second-order valence-electron chi connectivity index (χ2n) is 9.53. The second-order valence-corrected chi connectivity index (χ2v) is 9.53. The highest BCUT2D eigenvalue weighted by molar-refractivity contribution is 6.00. The van der Waals surface area contributed by atoms with Crippen molar-refractivity contribution in [3.63, 3.8) is 0 Å². The molecule has 0 fully saturated rings. The summed E-state index contributed by atoms with van der Waals surface area (Å²) in [5, 5.41) is 16.9. The number of rotatable bonds is 9. The maximum absolute atomic E-state index is 14.2. The molecule has 0 radical (unpaired) electrons. The number of anilines is 2. The van der Waals surface area contributed by atoms with Gasteiger partial charge in [-0.2, -0.15) is 0 Å². The number of carbonyl (C=O) groups is 2. The molecule has 3 aromatic rings. The van der Waals surface area contributed by atoms with Gasteiger partial charge in [-0.05, 0) is 86.9 Å². The van der Waals surface area contributed by atoms with Crippen molar-refractivity contribution in [2.75, 3.05) is 23.8 Å². The highest BCUT2D eigenvalue weighted by Crippen LogP contribution is 2.32. The van der Waals surface area contributed by atoms with Crippen LogP contribution < -0.4 is 20.7 Å². The van der Waals surface area contributed by atoms with E-state index in [0.717, 1.165) is 16.8 Å². The smallest absolute Gasteiger partial charge is 0.323 e. The van der Waals surface area contributed by atoms with Crippen molar-refractivity contribution >= 4 is 29.5 Å². The topological polar surface area (TPSA) is 128 Å². The Morgan fingerprint density at radius 1 is 1.13 bits per heavy atom. The molecule has 9 nitrogen and oxygen atoms in total. The van der Waals surface area contributed by atoms with E-state index < -0.39 is 17.4 Å². The van der Waals surface area contributed by atoms with Crippen LogP contribution in [0.1, 0.15) is 46.9 Å². The number of hydrogen-bond acceptors (Lipinski definition) is 5. The SMILES string of the molecule is Cc1cc(F)c(NC(=O)Nc2ccc(OC3=CC(C)(c4cc(C(=O)NCCCO)c[nH]4)N=CC3)cc2)cc1C. The number of benzene rings is 2. The van der Waals surface area contributed by atoms with Crippen molar-refractivity contribution in [2.45, 2.75) is 39.2 Å². The number of nitrogens with zero attached hydrogens (tertiary/aromatic N) is 1. The van der Waals surface area contributed by atoms with Gasteiger partial charge in [-0.1, -0.05) is 0 Å². The number of H-pyrrole nitrogens is 1. The summed E-state index contributed by atoms with van der Waals surface area (Å²) in [6, 6.07) is 11.0. The Bertz CT molecular complexity index is 1410. The van der Waals surface area contributed by atoms with Gasteiger partial charge in [0.25, 0.3) is 5.91 Å². The lowest BCUT2D eigenvalue weighted by molar-refractivity contribution is 0.0951. The molecular formula is C29H32FN5O4. The Morgan fingerprint density at radius 3 is 2.62 bits per heavy atom. The van der Waals surface area contributed by atoms with Crippen LogP contribution in [0.2, 0.25) is 0 Å². The van der Waals surface area contributed by atoms with Crippen LogP contribution >= 0.6 is 0 Å². The van der Waals surface area contributed by atoms with Crippen LogP contribution in [-0.2, 0) is 5.54 Å². The van der Waals surface area contributed by atoms with Crippen molar-refractivity contribution in [3.05, 3.63) is 88.7 Å². The molecule has 1 aliphatic heterocycles. The lowest BCUT2D eigenvalue weighted by atomic mass is 9.94. The quantitative estimate of drug-likeness (QED) is 0.243. The van der Waals surface area contributed by atoms with Crippen molar-refractivity contribution in [1.82, 2.24) is 10.3 Å². The van der Waals surface area contributed by atoms with E-state index >= 15 is 0 Å². The Balaban J connectivity index is 1.37. The lowest BCUT2D eigenvalue weighted by Gasteiger charge is -2.25. The molecule has 1 aliphatic rings. The summed E-state index contributed by atoms with van der Waals surface area (Å²) in [7, 11) is 0. The third-order valence-corrected chi connectivity index (χ3v) is 6.40. The van der Waals surface area contributed by atoms with Gasteiger partial charge in [0, 0.05) is 43.4 Å². The van der Waals surface area contributed by atoms with Crippen LogP contribution in [-0.4, -0.2) is 41.4 Å². The predicted molar refractivity (Wildman–Crippen MR) is 149 cm³/mol. The molecule has 1 atom stereocenters. The highest BCUT2D eigenvalue weighted by Gasteiger charge is 2.29. The number of urea groups is 1. The number of aliphatic imine (C=N–C) groups is 1. The number of aliphatic hydroxyl groups excluding tert-OH is 1. The number of aliphatic hydroxyl groups is 1. The first kappa shape index (κ1) is 27.6. The van der Waals surface area contributed by atoms with Crippen LogP contribution in [0.3, 0.4) is 0 Å². The average Bonchev–Trinajstić information content (AvgIpc) is 3.40. The maximum atomic E-state index is 14.2. The fourth-order valence-electron chi connectivity index (χ4n) is 4.07. The van der Waals surface area contributed by atoms with Crippen molar-refractivity contribution in [2.24, 2.45) is 4.99 Å². The van der Waals surface area contributed by atoms with E-state index in [1.165, 1.54) is 6.07 Å². The number of dihydropyridines is 1. The lowest BCUT2D eigenvalue weighted by Crippen LogP contribution is -2.25. The fraction of sp³-hybridized carbons (Fsp3) is 0.276. The predicted octanol–water partition coefficient (Wildman–Crippen LogP) is 5.18. The van der Waals surface area contributed by atoms with Gasteiger partial charge >= 0.3 is 6.03 Å². The van der Waals surface area contributed by atoms with Gasteiger partial charge in [0.15, 0.2) is 0 Å². The summed E-state index contributed by atoms with van der Waals surface area (Å²) < 4.78 is 20.2.